The molecule has 1 unspecified atom stereocenters. The Morgan fingerprint density at radius 2 is 2.28 bits per heavy atom. The first-order valence-electron chi connectivity index (χ1n) is 10.2. The molecule has 2 fully saturated rings. The number of aromatic nitrogens is 3. The number of carbonyl (C=O) groups is 2. The molecule has 1 aliphatic heterocycles. The van der Waals surface area contributed by atoms with E-state index in [9.17, 15) is 9.59 Å². The van der Waals surface area contributed by atoms with Crippen molar-refractivity contribution in [3.63, 3.8) is 0 Å². The maximum Gasteiger partial charge on any atom is 0.410 e. The predicted molar refractivity (Wildman–Crippen MR) is 104 cm³/mol. The summed E-state index contributed by atoms with van der Waals surface area (Å²) < 4.78 is 10.6. The molecule has 9 nitrogen and oxygen atoms in total. The summed E-state index contributed by atoms with van der Waals surface area (Å²) in [5.74, 6) is 1.50. The van der Waals surface area contributed by atoms with Gasteiger partial charge in [0, 0.05) is 30.3 Å². The van der Waals surface area contributed by atoms with Gasteiger partial charge in [-0.1, -0.05) is 0 Å². The normalized spacial score (nSPS) is 24.0. The molecule has 0 bridgehead atoms. The van der Waals surface area contributed by atoms with Crippen LogP contribution in [0.2, 0.25) is 0 Å². The van der Waals surface area contributed by atoms with Crippen LogP contribution in [0.4, 0.5) is 10.6 Å². The number of likely N-dealkylation sites (tertiary alicyclic amines) is 1. The molecule has 29 heavy (non-hydrogen) atoms. The van der Waals surface area contributed by atoms with Crippen molar-refractivity contribution in [3.05, 3.63) is 30.1 Å². The number of carbonyl (C=O) groups excluding carboxylic acids is 2. The topological polar surface area (TPSA) is 113 Å². The van der Waals surface area contributed by atoms with Crippen LogP contribution in [0.1, 0.15) is 56.4 Å². The van der Waals surface area contributed by atoms with E-state index < -0.39 is 0 Å². The quantitative estimate of drug-likeness (QED) is 0.769. The lowest BCUT2D eigenvalue weighted by Gasteiger charge is -2.21. The molecule has 1 saturated heterocycles. The Kier molecular flexibility index (Phi) is 5.82. The third-order valence-electron chi connectivity index (χ3n) is 5.89. The maximum atomic E-state index is 12.2. The molecule has 4 rings (SSSR count). The minimum absolute atomic E-state index is 0.120. The number of aromatic amines is 1. The van der Waals surface area contributed by atoms with E-state index in [1.165, 1.54) is 12.6 Å². The maximum absolute atomic E-state index is 12.2. The van der Waals surface area contributed by atoms with Crippen LogP contribution >= 0.6 is 0 Å². The Morgan fingerprint density at radius 1 is 1.38 bits per heavy atom. The summed E-state index contributed by atoms with van der Waals surface area (Å²) in [6, 6.07) is 2.16. The first-order chi connectivity index (χ1) is 14.1. The van der Waals surface area contributed by atoms with Crippen LogP contribution in [0.5, 0.6) is 0 Å². The molecule has 3 heterocycles. The largest absolute Gasteiger partial charge is 0.449 e. The van der Waals surface area contributed by atoms with Crippen molar-refractivity contribution in [2.45, 2.75) is 57.4 Å². The summed E-state index contributed by atoms with van der Waals surface area (Å²) in [5, 5.41) is 9.99. The predicted octanol–water partition coefficient (Wildman–Crippen LogP) is 3.08. The second-order valence-corrected chi connectivity index (χ2v) is 8.04. The summed E-state index contributed by atoms with van der Waals surface area (Å²) in [5.41, 5.74) is 1.00. The number of hydrogen-bond acceptors (Lipinski definition) is 6. The van der Waals surface area contributed by atoms with Gasteiger partial charge in [-0.3, -0.25) is 9.89 Å². The molecule has 0 aromatic carbocycles. The standard InChI is InChI=1S/C20H27N5O4/c1-13-3-2-6-25(13)20(27)28-11-14-4-5-15(7-14)17-9-18(24-23-17)22-19(26)8-16-10-21-12-29-16/h9-10,12-15H,2-8,11H2,1H3,(H2,22,23,24,26)/t13-,14?,15-/m0/s1. The number of H-pyrrole nitrogens is 1. The van der Waals surface area contributed by atoms with E-state index >= 15 is 0 Å². The van der Waals surface area contributed by atoms with Gasteiger partial charge < -0.3 is 19.4 Å². The SMILES string of the molecule is C[C@H]1CCCN1C(=O)OCC1CC[C@H](c2cc(NC(=O)Cc3cnco3)n[nH]2)C1. The highest BCUT2D eigenvalue weighted by Crippen LogP contribution is 2.38. The molecule has 2 aliphatic rings. The number of amides is 2. The number of hydrogen-bond donors (Lipinski definition) is 2. The van der Waals surface area contributed by atoms with Crippen molar-refractivity contribution in [3.8, 4) is 0 Å². The fourth-order valence-corrected chi connectivity index (χ4v) is 4.27. The van der Waals surface area contributed by atoms with Gasteiger partial charge in [-0.05, 0) is 44.9 Å². The molecule has 156 valence electrons. The first-order valence-corrected chi connectivity index (χ1v) is 10.2. The number of oxazole rings is 1. The fourth-order valence-electron chi connectivity index (χ4n) is 4.27. The third-order valence-corrected chi connectivity index (χ3v) is 5.89. The minimum Gasteiger partial charge on any atom is -0.449 e. The average Bonchev–Trinajstić information content (AvgIpc) is 3.47. The highest BCUT2D eigenvalue weighted by atomic mass is 16.6. The molecule has 2 amide bonds. The van der Waals surface area contributed by atoms with Crippen molar-refractivity contribution >= 4 is 17.8 Å². The van der Waals surface area contributed by atoms with Crippen LogP contribution < -0.4 is 5.32 Å². The monoisotopic (exact) mass is 401 g/mol. The van der Waals surface area contributed by atoms with Gasteiger partial charge in [0.05, 0.1) is 19.2 Å². The molecular weight excluding hydrogens is 374 g/mol. The number of rotatable bonds is 6. The molecule has 1 aliphatic carbocycles. The minimum atomic E-state index is -0.202. The van der Waals surface area contributed by atoms with Gasteiger partial charge >= 0.3 is 6.09 Å². The van der Waals surface area contributed by atoms with E-state index in [-0.39, 0.29) is 24.5 Å². The Balaban J connectivity index is 1.23. The van der Waals surface area contributed by atoms with E-state index in [4.69, 9.17) is 9.15 Å². The van der Waals surface area contributed by atoms with Crippen LogP contribution in [0.15, 0.2) is 23.1 Å². The van der Waals surface area contributed by atoms with E-state index in [0.717, 1.165) is 44.3 Å². The fraction of sp³-hybridized carbons (Fsp3) is 0.600. The summed E-state index contributed by atoms with van der Waals surface area (Å²) in [7, 11) is 0. The summed E-state index contributed by atoms with van der Waals surface area (Å²) in [6.45, 7) is 3.33. The third kappa shape index (κ3) is 4.78. The van der Waals surface area contributed by atoms with Crippen LogP contribution in [-0.4, -0.2) is 51.3 Å². The summed E-state index contributed by atoms with van der Waals surface area (Å²) in [6.07, 6.45) is 7.83. The second-order valence-electron chi connectivity index (χ2n) is 8.04. The molecular formula is C20H27N5O4. The van der Waals surface area contributed by atoms with Crippen LogP contribution in [0, 0.1) is 5.92 Å². The summed E-state index contributed by atoms with van der Waals surface area (Å²) in [4.78, 5) is 29.9. The Hall–Kier alpha value is -2.84. The smallest absolute Gasteiger partial charge is 0.410 e. The Labute approximate surface area is 169 Å². The van der Waals surface area contributed by atoms with E-state index in [1.54, 1.807) is 0 Å². The van der Waals surface area contributed by atoms with E-state index in [0.29, 0.717) is 30.0 Å². The lowest BCUT2D eigenvalue weighted by molar-refractivity contribution is -0.115. The highest BCUT2D eigenvalue weighted by molar-refractivity contribution is 5.91. The van der Waals surface area contributed by atoms with Gasteiger partial charge in [0.2, 0.25) is 5.91 Å². The molecule has 9 heteroatoms. The number of nitrogens with one attached hydrogen (secondary N) is 2. The lowest BCUT2D eigenvalue weighted by Crippen LogP contribution is -2.34. The molecule has 3 atom stereocenters. The molecule has 0 spiro atoms. The van der Waals surface area contributed by atoms with Gasteiger partial charge in [0.1, 0.15) is 5.76 Å². The van der Waals surface area contributed by atoms with Gasteiger partial charge in [-0.2, -0.15) is 5.10 Å². The average molecular weight is 401 g/mol. The van der Waals surface area contributed by atoms with E-state index in [2.05, 4.69) is 27.4 Å². The Morgan fingerprint density at radius 3 is 3.03 bits per heavy atom. The van der Waals surface area contributed by atoms with Crippen molar-refractivity contribution in [1.82, 2.24) is 20.1 Å². The van der Waals surface area contributed by atoms with Crippen molar-refractivity contribution in [1.29, 1.82) is 0 Å². The zero-order valence-corrected chi connectivity index (χ0v) is 16.6. The van der Waals surface area contributed by atoms with Crippen molar-refractivity contribution in [2.24, 2.45) is 5.92 Å². The van der Waals surface area contributed by atoms with Crippen LogP contribution in [-0.2, 0) is 16.0 Å². The van der Waals surface area contributed by atoms with Crippen molar-refractivity contribution < 1.29 is 18.7 Å². The van der Waals surface area contributed by atoms with Gasteiger partial charge in [-0.25, -0.2) is 9.78 Å². The first kappa shape index (κ1) is 19.5. The molecule has 0 radical (unpaired) electrons. The van der Waals surface area contributed by atoms with Gasteiger partial charge in [0.25, 0.3) is 0 Å². The molecule has 2 N–H and O–H groups in total. The van der Waals surface area contributed by atoms with Gasteiger partial charge in [0.15, 0.2) is 12.2 Å². The zero-order chi connectivity index (χ0) is 20.2. The zero-order valence-electron chi connectivity index (χ0n) is 16.6. The molecule has 2 aromatic rings. The van der Waals surface area contributed by atoms with Gasteiger partial charge in [-0.15, -0.1) is 0 Å². The van der Waals surface area contributed by atoms with E-state index in [1.807, 2.05) is 11.0 Å². The molecule has 2 aromatic heterocycles. The molecule has 1 saturated carbocycles. The lowest BCUT2D eigenvalue weighted by atomic mass is 10.0. The Bertz CT molecular complexity index is 834. The number of ether oxygens (including phenoxy) is 1. The highest BCUT2D eigenvalue weighted by Gasteiger charge is 2.30. The second kappa shape index (κ2) is 8.67. The van der Waals surface area contributed by atoms with Crippen molar-refractivity contribution in [2.75, 3.05) is 18.5 Å². The van der Waals surface area contributed by atoms with Crippen LogP contribution in [0.3, 0.4) is 0 Å². The van der Waals surface area contributed by atoms with Crippen LogP contribution in [0.25, 0.3) is 0 Å². The number of nitrogens with zero attached hydrogens (tertiary/aromatic N) is 3. The summed E-state index contributed by atoms with van der Waals surface area (Å²) >= 11 is 0. The number of anilines is 1.